The smallest absolute Gasteiger partial charge is 0.222 e. The molecule has 1 aromatic carbocycles. The molecule has 0 atom stereocenters. The third kappa shape index (κ3) is 4.08. The number of benzene rings is 1. The Kier molecular flexibility index (Phi) is 5.59. The molecule has 20 heavy (non-hydrogen) atoms. The van der Waals surface area contributed by atoms with Gasteiger partial charge in [-0.15, -0.1) is 0 Å². The maximum absolute atomic E-state index is 5.75. The molecule has 4 heteroatoms. The minimum absolute atomic E-state index is 0.328. The van der Waals surface area contributed by atoms with Crippen molar-refractivity contribution in [1.82, 2.24) is 9.97 Å². The molecule has 0 aliphatic carbocycles. The van der Waals surface area contributed by atoms with E-state index in [2.05, 4.69) is 22.2 Å². The van der Waals surface area contributed by atoms with Crippen LogP contribution in [0, 0.1) is 0 Å². The van der Waals surface area contributed by atoms with Crippen LogP contribution < -0.4 is 11.1 Å². The maximum Gasteiger partial charge on any atom is 0.222 e. The summed E-state index contributed by atoms with van der Waals surface area (Å²) in [6.45, 7) is 3.18. The van der Waals surface area contributed by atoms with Crippen LogP contribution in [0.1, 0.15) is 45.4 Å². The van der Waals surface area contributed by atoms with Crippen molar-refractivity contribution in [2.45, 2.75) is 45.4 Å². The van der Waals surface area contributed by atoms with Crippen LogP contribution in [0.25, 0.3) is 10.9 Å². The molecule has 4 nitrogen and oxygen atoms in total. The highest BCUT2D eigenvalue weighted by Crippen LogP contribution is 2.20. The van der Waals surface area contributed by atoms with Crippen LogP contribution in [0.4, 0.5) is 11.8 Å². The van der Waals surface area contributed by atoms with Crippen molar-refractivity contribution in [1.29, 1.82) is 0 Å². The number of hydrogen-bond acceptors (Lipinski definition) is 4. The van der Waals surface area contributed by atoms with Gasteiger partial charge in [-0.25, -0.2) is 4.98 Å². The summed E-state index contributed by atoms with van der Waals surface area (Å²) in [4.78, 5) is 8.55. The Hall–Kier alpha value is -1.84. The van der Waals surface area contributed by atoms with Crippen LogP contribution in [0.15, 0.2) is 24.3 Å². The van der Waals surface area contributed by atoms with Gasteiger partial charge in [0.1, 0.15) is 5.82 Å². The minimum Gasteiger partial charge on any atom is -0.369 e. The van der Waals surface area contributed by atoms with E-state index in [1.165, 1.54) is 38.5 Å². The molecule has 0 unspecified atom stereocenters. The molecular formula is C16H24N4. The first-order chi connectivity index (χ1) is 9.81. The van der Waals surface area contributed by atoms with Gasteiger partial charge in [-0.05, 0) is 18.6 Å². The van der Waals surface area contributed by atoms with Crippen molar-refractivity contribution in [3.05, 3.63) is 24.3 Å². The Morgan fingerprint density at radius 2 is 1.75 bits per heavy atom. The first-order valence-electron chi connectivity index (χ1n) is 7.57. The highest BCUT2D eigenvalue weighted by Gasteiger charge is 2.04. The monoisotopic (exact) mass is 272 g/mol. The fraction of sp³-hybridized carbons (Fsp3) is 0.500. The molecule has 108 valence electrons. The lowest BCUT2D eigenvalue weighted by Gasteiger charge is -2.09. The summed E-state index contributed by atoms with van der Waals surface area (Å²) >= 11 is 0. The number of para-hydroxylation sites is 1. The van der Waals surface area contributed by atoms with Gasteiger partial charge in [0.05, 0.1) is 5.52 Å². The predicted molar refractivity (Wildman–Crippen MR) is 85.8 cm³/mol. The van der Waals surface area contributed by atoms with E-state index in [0.29, 0.717) is 5.95 Å². The van der Waals surface area contributed by atoms with E-state index in [9.17, 15) is 0 Å². The average Bonchev–Trinajstić information content (AvgIpc) is 2.46. The van der Waals surface area contributed by atoms with E-state index in [1.54, 1.807) is 0 Å². The Labute approximate surface area is 120 Å². The van der Waals surface area contributed by atoms with Crippen molar-refractivity contribution in [2.24, 2.45) is 0 Å². The molecule has 0 spiro atoms. The summed E-state index contributed by atoms with van der Waals surface area (Å²) < 4.78 is 0. The quantitative estimate of drug-likeness (QED) is 0.713. The zero-order valence-corrected chi connectivity index (χ0v) is 12.2. The molecular weight excluding hydrogens is 248 g/mol. The Morgan fingerprint density at radius 3 is 2.60 bits per heavy atom. The van der Waals surface area contributed by atoms with Gasteiger partial charge >= 0.3 is 0 Å². The lowest BCUT2D eigenvalue weighted by Crippen LogP contribution is -2.06. The number of rotatable bonds is 8. The van der Waals surface area contributed by atoms with Gasteiger partial charge in [-0.1, -0.05) is 51.2 Å². The van der Waals surface area contributed by atoms with Crippen molar-refractivity contribution in [3.63, 3.8) is 0 Å². The number of unbranched alkanes of at least 4 members (excludes halogenated alkanes) is 5. The lowest BCUT2D eigenvalue weighted by molar-refractivity contribution is 0.617. The highest BCUT2D eigenvalue weighted by molar-refractivity contribution is 5.89. The molecule has 0 saturated carbocycles. The molecule has 1 heterocycles. The largest absolute Gasteiger partial charge is 0.369 e. The Bertz CT molecular complexity index is 539. The van der Waals surface area contributed by atoms with Crippen LogP contribution in [-0.2, 0) is 0 Å². The standard InChI is InChI=1S/C16H24N4/c1-2-3-4-5-6-9-12-18-15-13-10-7-8-11-14(13)19-16(17)20-15/h7-8,10-11H,2-6,9,12H2,1H3,(H3,17,18,19,20). The fourth-order valence-corrected chi connectivity index (χ4v) is 2.34. The number of anilines is 2. The van der Waals surface area contributed by atoms with Gasteiger partial charge in [-0.2, -0.15) is 4.98 Å². The lowest BCUT2D eigenvalue weighted by atomic mass is 10.1. The topological polar surface area (TPSA) is 63.8 Å². The molecule has 0 fully saturated rings. The first kappa shape index (κ1) is 14.6. The van der Waals surface area contributed by atoms with Gasteiger partial charge in [-0.3, -0.25) is 0 Å². The number of hydrogen-bond donors (Lipinski definition) is 2. The fourth-order valence-electron chi connectivity index (χ4n) is 2.34. The zero-order chi connectivity index (χ0) is 14.2. The molecule has 0 bridgehead atoms. The number of aromatic nitrogens is 2. The van der Waals surface area contributed by atoms with Crippen LogP contribution in [0.2, 0.25) is 0 Å². The third-order valence-corrected chi connectivity index (χ3v) is 3.44. The van der Waals surface area contributed by atoms with E-state index in [-0.39, 0.29) is 0 Å². The van der Waals surface area contributed by atoms with Crippen molar-refractivity contribution < 1.29 is 0 Å². The summed E-state index contributed by atoms with van der Waals surface area (Å²) in [5, 5.41) is 4.42. The van der Waals surface area contributed by atoms with Crippen molar-refractivity contribution in [2.75, 3.05) is 17.6 Å². The minimum atomic E-state index is 0.328. The maximum atomic E-state index is 5.75. The summed E-state index contributed by atoms with van der Waals surface area (Å²) in [6.07, 6.45) is 7.75. The van der Waals surface area contributed by atoms with Crippen LogP contribution in [-0.4, -0.2) is 16.5 Å². The van der Waals surface area contributed by atoms with Gasteiger partial charge in [0.15, 0.2) is 0 Å². The summed E-state index contributed by atoms with van der Waals surface area (Å²) in [6, 6.07) is 7.95. The SMILES string of the molecule is CCCCCCCCNc1nc(N)nc2ccccc12. The summed E-state index contributed by atoms with van der Waals surface area (Å²) in [5.74, 6) is 1.18. The van der Waals surface area contributed by atoms with E-state index in [1.807, 2.05) is 24.3 Å². The van der Waals surface area contributed by atoms with Gasteiger partial charge in [0.25, 0.3) is 0 Å². The molecule has 0 amide bonds. The number of nitrogens with two attached hydrogens (primary N) is 1. The second kappa shape index (κ2) is 7.68. The summed E-state index contributed by atoms with van der Waals surface area (Å²) in [7, 11) is 0. The number of nitrogens with zero attached hydrogens (tertiary/aromatic N) is 2. The van der Waals surface area contributed by atoms with E-state index in [0.717, 1.165) is 23.3 Å². The van der Waals surface area contributed by atoms with E-state index in [4.69, 9.17) is 5.73 Å². The Balaban J connectivity index is 1.86. The predicted octanol–water partition coefficient (Wildman–Crippen LogP) is 3.98. The van der Waals surface area contributed by atoms with E-state index >= 15 is 0 Å². The van der Waals surface area contributed by atoms with E-state index < -0.39 is 0 Å². The zero-order valence-electron chi connectivity index (χ0n) is 12.2. The molecule has 0 aliphatic heterocycles. The molecule has 0 saturated heterocycles. The van der Waals surface area contributed by atoms with Crippen LogP contribution >= 0.6 is 0 Å². The molecule has 2 aromatic rings. The van der Waals surface area contributed by atoms with Crippen LogP contribution in [0.5, 0.6) is 0 Å². The second-order valence-electron chi connectivity index (χ2n) is 5.14. The molecule has 2 rings (SSSR count). The number of nitrogen functional groups attached to an aromatic ring is 1. The molecule has 3 N–H and O–H groups in total. The molecule has 0 radical (unpaired) electrons. The first-order valence-corrected chi connectivity index (χ1v) is 7.57. The normalized spacial score (nSPS) is 10.8. The van der Waals surface area contributed by atoms with Crippen molar-refractivity contribution in [3.8, 4) is 0 Å². The van der Waals surface area contributed by atoms with Gasteiger partial charge in [0.2, 0.25) is 5.95 Å². The summed E-state index contributed by atoms with van der Waals surface area (Å²) in [5.41, 5.74) is 6.64. The van der Waals surface area contributed by atoms with Crippen molar-refractivity contribution >= 4 is 22.7 Å². The number of nitrogens with one attached hydrogen (secondary N) is 1. The third-order valence-electron chi connectivity index (χ3n) is 3.44. The Morgan fingerprint density at radius 1 is 1.00 bits per heavy atom. The molecule has 0 aliphatic rings. The number of fused-ring (bicyclic) bond motifs is 1. The second-order valence-corrected chi connectivity index (χ2v) is 5.14. The average molecular weight is 272 g/mol. The van der Waals surface area contributed by atoms with Crippen LogP contribution in [0.3, 0.4) is 0 Å². The van der Waals surface area contributed by atoms with Gasteiger partial charge in [0, 0.05) is 11.9 Å². The highest BCUT2D eigenvalue weighted by atomic mass is 15.1. The van der Waals surface area contributed by atoms with Gasteiger partial charge < -0.3 is 11.1 Å². The molecule has 1 aromatic heterocycles.